The Bertz CT molecular complexity index is 990. The molecule has 8 nitrogen and oxygen atoms in total. The normalized spacial score (nSPS) is 15.1. The second-order valence-electron chi connectivity index (χ2n) is 9.49. The molecule has 0 saturated heterocycles. The van der Waals surface area contributed by atoms with Gasteiger partial charge < -0.3 is 26.2 Å². The van der Waals surface area contributed by atoms with Crippen molar-refractivity contribution in [1.29, 1.82) is 0 Å². The molecule has 2 aromatic rings. The van der Waals surface area contributed by atoms with Gasteiger partial charge in [0.25, 0.3) is 5.91 Å². The van der Waals surface area contributed by atoms with Crippen LogP contribution in [0.2, 0.25) is 0 Å². The number of carboxylic acid groups (broad SMARTS) is 1. The highest BCUT2D eigenvalue weighted by Gasteiger charge is 2.38. The zero-order valence-electron chi connectivity index (χ0n) is 20.7. The molecule has 1 unspecified atom stereocenters. The highest BCUT2D eigenvalue weighted by atomic mass is 16.5. The van der Waals surface area contributed by atoms with Gasteiger partial charge in [0.15, 0.2) is 5.66 Å². The fourth-order valence-corrected chi connectivity index (χ4v) is 4.61. The number of aliphatic carboxylic acids is 1. The minimum atomic E-state index is -1.45. The van der Waals surface area contributed by atoms with E-state index in [1.165, 1.54) is 12.8 Å². The number of carboxylic acids is 1. The number of rotatable bonds is 15. The fraction of sp³-hybridized carbons (Fsp3) is 0.464. The Morgan fingerprint density at radius 1 is 1.00 bits per heavy atom. The van der Waals surface area contributed by atoms with E-state index in [2.05, 4.69) is 10.6 Å². The number of nitrogens with two attached hydrogens (primary N) is 1. The minimum absolute atomic E-state index is 0.0443. The van der Waals surface area contributed by atoms with Gasteiger partial charge in [-0.1, -0.05) is 56.0 Å². The lowest BCUT2D eigenvalue weighted by Gasteiger charge is -2.34. The standard InChI is InChI=1S/C28H37N3O5/c29-27(35)28(19-18-22-7-2-1-3-8-22,31-25(32)17-12-21-9-4-5-10-21)30-23-13-15-24(16-14-23)36-20-6-11-26(33)34/h1-3,7-8,13-16,21,30H,4-6,9-12,17-20H2,(H2,29,35)(H,31,32)(H,33,34). The predicted molar refractivity (Wildman–Crippen MR) is 138 cm³/mol. The van der Waals surface area contributed by atoms with Gasteiger partial charge in [-0.2, -0.15) is 0 Å². The zero-order valence-corrected chi connectivity index (χ0v) is 20.7. The van der Waals surface area contributed by atoms with E-state index >= 15 is 0 Å². The second kappa shape index (κ2) is 13.5. The molecule has 0 aliphatic heterocycles. The molecule has 2 aromatic carbocycles. The first-order valence-corrected chi connectivity index (χ1v) is 12.7. The van der Waals surface area contributed by atoms with E-state index in [1.807, 2.05) is 30.3 Å². The van der Waals surface area contributed by atoms with Crippen molar-refractivity contribution in [3.8, 4) is 5.75 Å². The highest BCUT2D eigenvalue weighted by Crippen LogP contribution is 2.29. The van der Waals surface area contributed by atoms with Gasteiger partial charge in [-0.3, -0.25) is 14.4 Å². The maximum atomic E-state index is 12.9. The number of nitrogens with one attached hydrogen (secondary N) is 2. The first kappa shape index (κ1) is 27.0. The van der Waals surface area contributed by atoms with Crippen molar-refractivity contribution in [3.63, 3.8) is 0 Å². The van der Waals surface area contributed by atoms with Crippen LogP contribution >= 0.6 is 0 Å². The zero-order chi connectivity index (χ0) is 25.8. The van der Waals surface area contributed by atoms with Crippen LogP contribution < -0.4 is 21.1 Å². The molecule has 0 radical (unpaired) electrons. The highest BCUT2D eigenvalue weighted by molar-refractivity contribution is 5.92. The third-order valence-electron chi connectivity index (χ3n) is 6.68. The summed E-state index contributed by atoms with van der Waals surface area (Å²) in [5.74, 6) is -0.553. The molecule has 0 aromatic heterocycles. The van der Waals surface area contributed by atoms with E-state index in [-0.39, 0.29) is 18.7 Å². The van der Waals surface area contributed by atoms with E-state index < -0.39 is 17.5 Å². The number of ether oxygens (including phenoxy) is 1. The van der Waals surface area contributed by atoms with E-state index in [9.17, 15) is 14.4 Å². The molecule has 1 saturated carbocycles. The number of carbonyl (C=O) groups is 3. The summed E-state index contributed by atoms with van der Waals surface area (Å²) in [6.45, 7) is 0.290. The van der Waals surface area contributed by atoms with Crippen molar-refractivity contribution in [1.82, 2.24) is 5.32 Å². The first-order chi connectivity index (χ1) is 17.4. The van der Waals surface area contributed by atoms with E-state index in [0.717, 1.165) is 24.8 Å². The minimum Gasteiger partial charge on any atom is -0.494 e. The van der Waals surface area contributed by atoms with Crippen LogP contribution in [-0.4, -0.2) is 35.2 Å². The number of anilines is 1. The van der Waals surface area contributed by atoms with Gasteiger partial charge in [0.05, 0.1) is 6.61 Å². The summed E-state index contributed by atoms with van der Waals surface area (Å²) in [7, 11) is 0. The van der Waals surface area contributed by atoms with Crippen LogP contribution in [0.1, 0.15) is 63.4 Å². The fourth-order valence-electron chi connectivity index (χ4n) is 4.61. The molecule has 194 valence electrons. The molecule has 36 heavy (non-hydrogen) atoms. The molecule has 0 spiro atoms. The summed E-state index contributed by atoms with van der Waals surface area (Å²) in [6, 6.07) is 16.7. The Morgan fingerprint density at radius 3 is 2.33 bits per heavy atom. The average Bonchev–Trinajstić information content (AvgIpc) is 3.39. The monoisotopic (exact) mass is 495 g/mol. The lowest BCUT2D eigenvalue weighted by molar-refractivity contribution is -0.137. The Hall–Kier alpha value is -3.55. The van der Waals surface area contributed by atoms with Crippen LogP contribution in [0.5, 0.6) is 5.75 Å². The molecule has 1 aliphatic carbocycles. The third kappa shape index (κ3) is 8.59. The quantitative estimate of drug-likeness (QED) is 0.216. The number of primary amides is 1. The van der Waals surface area contributed by atoms with Crippen molar-refractivity contribution in [3.05, 3.63) is 60.2 Å². The van der Waals surface area contributed by atoms with Crippen LogP contribution in [0, 0.1) is 5.92 Å². The number of carbonyl (C=O) groups excluding carboxylic acids is 2. The van der Waals surface area contributed by atoms with Crippen molar-refractivity contribution in [2.45, 2.75) is 69.9 Å². The molecule has 1 aliphatic rings. The Labute approximate surface area is 212 Å². The van der Waals surface area contributed by atoms with Crippen LogP contribution in [0.15, 0.2) is 54.6 Å². The Morgan fingerprint density at radius 2 is 1.69 bits per heavy atom. The van der Waals surface area contributed by atoms with Crippen LogP contribution in [0.25, 0.3) is 0 Å². The molecule has 1 fully saturated rings. The smallest absolute Gasteiger partial charge is 0.303 e. The van der Waals surface area contributed by atoms with E-state index in [0.29, 0.717) is 43.2 Å². The molecule has 1 atom stereocenters. The maximum Gasteiger partial charge on any atom is 0.303 e. The molecule has 0 heterocycles. The first-order valence-electron chi connectivity index (χ1n) is 12.7. The van der Waals surface area contributed by atoms with Gasteiger partial charge in [0.2, 0.25) is 5.91 Å². The van der Waals surface area contributed by atoms with Crippen molar-refractivity contribution in [2.75, 3.05) is 11.9 Å². The van der Waals surface area contributed by atoms with Crippen LogP contribution in [0.4, 0.5) is 5.69 Å². The SMILES string of the molecule is NC(=O)C(CCc1ccccc1)(NC(=O)CCC1CCCC1)Nc1ccc(OCCCC(=O)O)cc1. The summed E-state index contributed by atoms with van der Waals surface area (Å²) >= 11 is 0. The molecular formula is C28H37N3O5. The largest absolute Gasteiger partial charge is 0.494 e. The van der Waals surface area contributed by atoms with Crippen molar-refractivity contribution >= 4 is 23.5 Å². The molecular weight excluding hydrogens is 458 g/mol. The van der Waals surface area contributed by atoms with E-state index in [4.69, 9.17) is 15.6 Å². The summed E-state index contributed by atoms with van der Waals surface area (Å²) < 4.78 is 5.59. The van der Waals surface area contributed by atoms with Crippen LogP contribution in [-0.2, 0) is 20.8 Å². The number of aryl methyl sites for hydroxylation is 1. The topological polar surface area (TPSA) is 131 Å². The van der Waals surface area contributed by atoms with Gasteiger partial charge in [0.1, 0.15) is 5.75 Å². The summed E-state index contributed by atoms with van der Waals surface area (Å²) in [4.78, 5) is 36.4. The molecule has 0 bridgehead atoms. The van der Waals surface area contributed by atoms with Gasteiger partial charge in [-0.25, -0.2) is 0 Å². The number of amides is 2. The number of hydrogen-bond acceptors (Lipinski definition) is 5. The predicted octanol–water partition coefficient (Wildman–Crippen LogP) is 4.24. The summed E-state index contributed by atoms with van der Waals surface area (Å²) in [5.41, 5.74) is 6.09. The average molecular weight is 496 g/mol. The molecule has 5 N–H and O–H groups in total. The lowest BCUT2D eigenvalue weighted by atomic mass is 9.96. The van der Waals surface area contributed by atoms with Gasteiger partial charge >= 0.3 is 5.97 Å². The summed E-state index contributed by atoms with van der Waals surface area (Å²) in [5, 5.41) is 14.9. The van der Waals surface area contributed by atoms with Gasteiger partial charge in [0, 0.05) is 24.9 Å². The number of benzene rings is 2. The van der Waals surface area contributed by atoms with E-state index in [1.54, 1.807) is 24.3 Å². The number of hydrogen-bond donors (Lipinski definition) is 4. The maximum absolute atomic E-state index is 12.9. The second-order valence-corrected chi connectivity index (χ2v) is 9.49. The summed E-state index contributed by atoms with van der Waals surface area (Å²) in [6.07, 6.45) is 7.21. The van der Waals surface area contributed by atoms with Crippen molar-refractivity contribution in [2.24, 2.45) is 11.7 Å². The molecule has 2 amide bonds. The van der Waals surface area contributed by atoms with Crippen LogP contribution in [0.3, 0.4) is 0 Å². The Kier molecular flexibility index (Phi) is 10.2. The lowest BCUT2D eigenvalue weighted by Crippen LogP contribution is -2.63. The van der Waals surface area contributed by atoms with Gasteiger partial charge in [-0.15, -0.1) is 0 Å². The van der Waals surface area contributed by atoms with Crippen molar-refractivity contribution < 1.29 is 24.2 Å². The molecule has 8 heteroatoms. The third-order valence-corrected chi connectivity index (χ3v) is 6.68. The Balaban J connectivity index is 1.69. The molecule has 3 rings (SSSR count). The van der Waals surface area contributed by atoms with Gasteiger partial charge in [-0.05, 0) is 55.0 Å².